The maximum absolute atomic E-state index is 3.89. The minimum atomic E-state index is 1.08. The third kappa shape index (κ3) is 1.48. The van der Waals surface area contributed by atoms with Crippen molar-refractivity contribution in [3.05, 3.63) is 35.7 Å². The molecule has 2 rings (SSSR count). The zero-order valence-corrected chi connectivity index (χ0v) is 8.62. The number of fused-ring (bicyclic) bond motifs is 1. The lowest BCUT2D eigenvalue weighted by Crippen LogP contribution is -1.92. The Morgan fingerprint density at radius 1 is 0.857 bits per heavy atom. The minimum absolute atomic E-state index is 1.08. The molecule has 0 bridgehead atoms. The second-order valence-electron chi connectivity index (χ2n) is 3.45. The first-order chi connectivity index (χ1) is 6.85. The summed E-state index contributed by atoms with van der Waals surface area (Å²) in [6, 6.07) is 4.45. The van der Waals surface area contributed by atoms with E-state index < -0.39 is 0 Å². The number of hydrogen-bond donors (Lipinski definition) is 0. The van der Waals surface area contributed by atoms with Gasteiger partial charge in [0.1, 0.15) is 0 Å². The fourth-order valence-electron chi connectivity index (χ4n) is 1.80. The third-order valence-electron chi connectivity index (χ3n) is 2.63. The second-order valence-corrected chi connectivity index (χ2v) is 3.45. The summed E-state index contributed by atoms with van der Waals surface area (Å²) < 4.78 is 0. The normalized spacial score (nSPS) is 10.7. The summed E-state index contributed by atoms with van der Waals surface area (Å²) in [6.45, 7) is 4.38. The molecule has 0 aliphatic carbocycles. The van der Waals surface area contributed by atoms with E-state index in [9.17, 15) is 0 Å². The first-order valence-corrected chi connectivity index (χ1v) is 5.07. The van der Waals surface area contributed by atoms with Crippen LogP contribution in [0.15, 0.2) is 24.5 Å². The van der Waals surface area contributed by atoms with E-state index in [1.807, 2.05) is 12.4 Å². The van der Waals surface area contributed by atoms with Gasteiger partial charge in [-0.3, -0.25) is 0 Å². The van der Waals surface area contributed by atoms with Crippen LogP contribution in [0.1, 0.15) is 25.0 Å². The highest BCUT2D eigenvalue weighted by atomic mass is 15.1. The lowest BCUT2D eigenvalue weighted by atomic mass is 9.99. The van der Waals surface area contributed by atoms with Crippen LogP contribution in [0.25, 0.3) is 10.8 Å². The Balaban J connectivity index is 2.69. The van der Waals surface area contributed by atoms with Crippen LogP contribution in [0.4, 0.5) is 0 Å². The molecule has 14 heavy (non-hydrogen) atoms. The zero-order chi connectivity index (χ0) is 9.97. The van der Waals surface area contributed by atoms with Gasteiger partial charge in [-0.2, -0.15) is 10.2 Å². The van der Waals surface area contributed by atoms with E-state index in [1.165, 1.54) is 21.9 Å². The maximum atomic E-state index is 3.89. The molecule has 0 amide bonds. The fourth-order valence-corrected chi connectivity index (χ4v) is 1.80. The van der Waals surface area contributed by atoms with Crippen LogP contribution in [0.5, 0.6) is 0 Å². The van der Waals surface area contributed by atoms with Crippen molar-refractivity contribution >= 4 is 10.8 Å². The lowest BCUT2D eigenvalue weighted by Gasteiger charge is -2.07. The van der Waals surface area contributed by atoms with E-state index in [-0.39, 0.29) is 0 Å². The van der Waals surface area contributed by atoms with Gasteiger partial charge in [-0.05, 0) is 36.1 Å². The van der Waals surface area contributed by atoms with Crippen LogP contribution in [-0.2, 0) is 12.8 Å². The summed E-state index contributed by atoms with van der Waals surface area (Å²) in [5.74, 6) is 0. The van der Waals surface area contributed by atoms with Gasteiger partial charge in [0.2, 0.25) is 0 Å². The summed E-state index contributed by atoms with van der Waals surface area (Å²) in [4.78, 5) is 0. The molecule has 0 saturated heterocycles. The molecule has 0 atom stereocenters. The van der Waals surface area contributed by atoms with E-state index in [2.05, 4.69) is 36.2 Å². The zero-order valence-electron chi connectivity index (χ0n) is 8.62. The predicted molar refractivity (Wildman–Crippen MR) is 58.3 cm³/mol. The number of rotatable bonds is 2. The van der Waals surface area contributed by atoms with Crippen LogP contribution < -0.4 is 0 Å². The van der Waals surface area contributed by atoms with Gasteiger partial charge in [0, 0.05) is 10.8 Å². The van der Waals surface area contributed by atoms with Crippen molar-refractivity contribution in [3.63, 3.8) is 0 Å². The van der Waals surface area contributed by atoms with E-state index in [0.717, 1.165) is 12.8 Å². The maximum Gasteiger partial charge on any atom is 0.0574 e. The molecule has 0 spiro atoms. The molecule has 1 aromatic heterocycles. The summed E-state index contributed by atoms with van der Waals surface area (Å²) >= 11 is 0. The van der Waals surface area contributed by atoms with Crippen LogP contribution in [0.3, 0.4) is 0 Å². The van der Waals surface area contributed by atoms with Gasteiger partial charge in [0.25, 0.3) is 0 Å². The smallest absolute Gasteiger partial charge is 0.0574 e. The molecule has 0 fully saturated rings. The van der Waals surface area contributed by atoms with Gasteiger partial charge in [-0.15, -0.1) is 0 Å². The number of aryl methyl sites for hydroxylation is 2. The third-order valence-corrected chi connectivity index (χ3v) is 2.63. The molecule has 1 aromatic carbocycles. The average molecular weight is 186 g/mol. The van der Waals surface area contributed by atoms with Gasteiger partial charge < -0.3 is 0 Å². The van der Waals surface area contributed by atoms with Gasteiger partial charge in [0.05, 0.1) is 12.4 Å². The van der Waals surface area contributed by atoms with Crippen molar-refractivity contribution in [2.45, 2.75) is 26.7 Å². The molecular weight excluding hydrogens is 172 g/mol. The molecule has 0 aliphatic rings. The first kappa shape index (κ1) is 9.13. The summed E-state index contributed by atoms with van der Waals surface area (Å²) in [5, 5.41) is 10.2. The summed E-state index contributed by atoms with van der Waals surface area (Å²) in [5.41, 5.74) is 2.85. The largest absolute Gasteiger partial charge is 0.158 e. The Kier molecular flexibility index (Phi) is 2.44. The molecular formula is C12H14N2. The van der Waals surface area contributed by atoms with Crippen LogP contribution in [0.2, 0.25) is 0 Å². The molecule has 0 aliphatic heterocycles. The van der Waals surface area contributed by atoms with Crippen molar-refractivity contribution in [1.29, 1.82) is 0 Å². The average Bonchev–Trinajstić information content (AvgIpc) is 2.27. The van der Waals surface area contributed by atoms with Gasteiger partial charge in [-0.25, -0.2) is 0 Å². The number of aromatic nitrogens is 2. The van der Waals surface area contributed by atoms with Crippen molar-refractivity contribution in [2.24, 2.45) is 0 Å². The lowest BCUT2D eigenvalue weighted by molar-refractivity contribution is 1.03. The summed E-state index contributed by atoms with van der Waals surface area (Å²) in [6.07, 6.45) is 5.82. The second kappa shape index (κ2) is 3.74. The Labute approximate surface area is 84.0 Å². The predicted octanol–water partition coefficient (Wildman–Crippen LogP) is 2.75. The Bertz CT molecular complexity index is 407. The molecule has 0 radical (unpaired) electrons. The molecule has 0 unspecified atom stereocenters. The molecule has 2 nitrogen and oxygen atoms in total. The van der Waals surface area contributed by atoms with Crippen LogP contribution in [-0.4, -0.2) is 10.2 Å². The van der Waals surface area contributed by atoms with E-state index >= 15 is 0 Å². The van der Waals surface area contributed by atoms with Gasteiger partial charge in [-0.1, -0.05) is 13.8 Å². The number of nitrogens with zero attached hydrogens (tertiary/aromatic N) is 2. The van der Waals surface area contributed by atoms with Crippen molar-refractivity contribution in [2.75, 3.05) is 0 Å². The molecule has 0 N–H and O–H groups in total. The highest BCUT2D eigenvalue weighted by Gasteiger charge is 2.01. The summed E-state index contributed by atoms with van der Waals surface area (Å²) in [7, 11) is 0. The Morgan fingerprint density at radius 2 is 1.29 bits per heavy atom. The minimum Gasteiger partial charge on any atom is -0.158 e. The van der Waals surface area contributed by atoms with Crippen LogP contribution in [0, 0.1) is 0 Å². The van der Waals surface area contributed by atoms with Gasteiger partial charge in [0.15, 0.2) is 0 Å². The van der Waals surface area contributed by atoms with Crippen LogP contribution >= 0.6 is 0 Å². The van der Waals surface area contributed by atoms with Gasteiger partial charge >= 0.3 is 0 Å². The van der Waals surface area contributed by atoms with Crippen molar-refractivity contribution in [3.8, 4) is 0 Å². The van der Waals surface area contributed by atoms with E-state index in [4.69, 9.17) is 0 Å². The Hall–Kier alpha value is -1.44. The highest BCUT2D eigenvalue weighted by Crippen LogP contribution is 2.19. The number of benzene rings is 1. The fraction of sp³-hybridized carbons (Fsp3) is 0.333. The van der Waals surface area contributed by atoms with E-state index in [1.54, 1.807) is 0 Å². The quantitative estimate of drug-likeness (QED) is 0.720. The molecule has 2 aromatic rings. The molecule has 1 heterocycles. The highest BCUT2D eigenvalue weighted by molar-refractivity contribution is 5.82. The standard InChI is InChI=1S/C12H14N2/c1-3-9-5-11-7-13-14-8-12(11)6-10(9)4-2/h5-8H,3-4H2,1-2H3. The first-order valence-electron chi connectivity index (χ1n) is 5.07. The molecule has 72 valence electrons. The van der Waals surface area contributed by atoms with Crippen molar-refractivity contribution < 1.29 is 0 Å². The molecule has 2 heteroatoms. The monoisotopic (exact) mass is 186 g/mol. The van der Waals surface area contributed by atoms with E-state index in [0.29, 0.717) is 0 Å². The van der Waals surface area contributed by atoms with Crippen molar-refractivity contribution in [1.82, 2.24) is 10.2 Å². The SMILES string of the molecule is CCc1cc2cnncc2cc1CC. The molecule has 0 saturated carbocycles. The topological polar surface area (TPSA) is 25.8 Å². The Morgan fingerprint density at radius 3 is 1.64 bits per heavy atom. The number of hydrogen-bond acceptors (Lipinski definition) is 2.